The maximum atomic E-state index is 13.9. The Bertz CT molecular complexity index is 624. The average Bonchev–Trinajstić information content (AvgIpc) is 2.88. The Hall–Kier alpha value is -1.99. The molecule has 124 valence electrons. The van der Waals surface area contributed by atoms with Crippen molar-refractivity contribution < 1.29 is 18.7 Å². The lowest BCUT2D eigenvalue weighted by molar-refractivity contribution is -0.147. The third kappa shape index (κ3) is 3.07. The van der Waals surface area contributed by atoms with Crippen molar-refractivity contribution in [2.75, 3.05) is 24.5 Å². The minimum atomic E-state index is -0.714. The highest BCUT2D eigenvalue weighted by Crippen LogP contribution is 2.28. The normalized spacial score (nSPS) is 29.0. The lowest BCUT2D eigenvalue weighted by atomic mass is 10.1. The molecule has 0 spiro atoms. The Kier molecular flexibility index (Phi) is 4.32. The van der Waals surface area contributed by atoms with Gasteiger partial charge in [-0.3, -0.25) is 14.5 Å². The average molecular weight is 321 g/mol. The van der Waals surface area contributed by atoms with Gasteiger partial charge in [0.1, 0.15) is 11.9 Å². The van der Waals surface area contributed by atoms with Crippen molar-refractivity contribution in [3.8, 4) is 0 Å². The molecule has 0 radical (unpaired) electrons. The predicted molar refractivity (Wildman–Crippen MR) is 82.3 cm³/mol. The fraction of sp³-hybridized carbons (Fsp3) is 0.500. The molecule has 0 bridgehead atoms. The molecule has 0 unspecified atom stereocenters. The van der Waals surface area contributed by atoms with Crippen molar-refractivity contribution in [2.45, 2.75) is 31.6 Å². The van der Waals surface area contributed by atoms with Crippen LogP contribution in [0.5, 0.6) is 0 Å². The second-order valence-corrected chi connectivity index (χ2v) is 6.04. The van der Waals surface area contributed by atoms with Crippen LogP contribution in [0.25, 0.3) is 0 Å². The Labute approximate surface area is 134 Å². The Morgan fingerprint density at radius 1 is 1.35 bits per heavy atom. The van der Waals surface area contributed by atoms with Crippen LogP contribution >= 0.6 is 0 Å². The Balaban J connectivity index is 1.76. The molecule has 2 fully saturated rings. The first-order chi connectivity index (χ1) is 11.0. The number of morpholine rings is 1. The number of rotatable bonds is 3. The van der Waals surface area contributed by atoms with Gasteiger partial charge in [0.05, 0.1) is 17.8 Å². The molecule has 3 atom stereocenters. The summed E-state index contributed by atoms with van der Waals surface area (Å²) in [6.07, 6.45) is -0.309. The van der Waals surface area contributed by atoms with Gasteiger partial charge in [-0.2, -0.15) is 0 Å². The zero-order valence-electron chi connectivity index (χ0n) is 12.9. The lowest BCUT2D eigenvalue weighted by Gasteiger charge is -2.38. The predicted octanol–water partition coefficient (Wildman–Crippen LogP) is 0.506. The topological polar surface area (TPSA) is 75.9 Å². The van der Waals surface area contributed by atoms with Gasteiger partial charge < -0.3 is 15.4 Å². The SMILES string of the molecule is C[C@@H]1CN([C@H]2CCN(c3ccccc3F)C2=O)C[C@@H](C(N)=O)O1. The number of hydrogen-bond donors (Lipinski definition) is 1. The molecule has 3 rings (SSSR count). The Morgan fingerprint density at radius 3 is 2.78 bits per heavy atom. The van der Waals surface area contributed by atoms with Gasteiger partial charge >= 0.3 is 0 Å². The zero-order chi connectivity index (χ0) is 16.6. The van der Waals surface area contributed by atoms with E-state index in [1.165, 1.54) is 11.0 Å². The molecule has 2 amide bonds. The molecule has 1 aromatic rings. The van der Waals surface area contributed by atoms with Gasteiger partial charge in [-0.1, -0.05) is 12.1 Å². The quantitative estimate of drug-likeness (QED) is 0.880. The standard InChI is InChI=1S/C16H20FN3O3/c1-10-8-19(9-14(23-10)15(18)21)13-6-7-20(16(13)22)12-5-3-2-4-11(12)17/h2-5,10,13-14H,6-9H2,1H3,(H2,18,21)/t10-,13+,14+/m1/s1. The number of hydrogen-bond acceptors (Lipinski definition) is 4. The third-order valence-electron chi connectivity index (χ3n) is 4.37. The van der Waals surface area contributed by atoms with Gasteiger partial charge in [0.25, 0.3) is 0 Å². The molecular weight excluding hydrogens is 301 g/mol. The summed E-state index contributed by atoms with van der Waals surface area (Å²) in [6.45, 7) is 3.14. The second kappa shape index (κ2) is 6.25. The van der Waals surface area contributed by atoms with Crippen LogP contribution in [-0.4, -0.2) is 54.6 Å². The highest BCUT2D eigenvalue weighted by molar-refractivity contribution is 5.99. The molecule has 7 heteroatoms. The minimum absolute atomic E-state index is 0.146. The van der Waals surface area contributed by atoms with E-state index in [1.54, 1.807) is 18.2 Å². The summed E-state index contributed by atoms with van der Waals surface area (Å²) >= 11 is 0. The van der Waals surface area contributed by atoms with E-state index >= 15 is 0 Å². The highest BCUT2D eigenvalue weighted by atomic mass is 19.1. The molecule has 1 aromatic carbocycles. The van der Waals surface area contributed by atoms with Crippen molar-refractivity contribution in [1.82, 2.24) is 4.90 Å². The molecular formula is C16H20FN3O3. The fourth-order valence-corrected chi connectivity index (χ4v) is 3.31. The van der Waals surface area contributed by atoms with Crippen LogP contribution in [0.15, 0.2) is 24.3 Å². The van der Waals surface area contributed by atoms with E-state index in [1.807, 2.05) is 11.8 Å². The van der Waals surface area contributed by atoms with Crippen LogP contribution < -0.4 is 10.6 Å². The summed E-state index contributed by atoms with van der Waals surface area (Å²) in [5.41, 5.74) is 5.63. The van der Waals surface area contributed by atoms with Gasteiger partial charge in [0.2, 0.25) is 11.8 Å². The van der Waals surface area contributed by atoms with Crippen LogP contribution in [0, 0.1) is 5.82 Å². The third-order valence-corrected chi connectivity index (χ3v) is 4.37. The van der Waals surface area contributed by atoms with E-state index in [-0.39, 0.29) is 18.1 Å². The summed E-state index contributed by atoms with van der Waals surface area (Å²) in [6, 6.07) is 5.87. The van der Waals surface area contributed by atoms with E-state index in [0.717, 1.165) is 0 Å². The lowest BCUT2D eigenvalue weighted by Crippen LogP contribution is -2.56. The summed E-state index contributed by atoms with van der Waals surface area (Å²) in [5, 5.41) is 0. The van der Waals surface area contributed by atoms with E-state index in [9.17, 15) is 14.0 Å². The van der Waals surface area contributed by atoms with E-state index in [4.69, 9.17) is 10.5 Å². The van der Waals surface area contributed by atoms with Crippen LogP contribution in [-0.2, 0) is 14.3 Å². The van der Waals surface area contributed by atoms with E-state index in [0.29, 0.717) is 31.7 Å². The molecule has 0 aliphatic carbocycles. The number of carbonyl (C=O) groups is 2. The molecule has 23 heavy (non-hydrogen) atoms. The molecule has 2 heterocycles. The number of carbonyl (C=O) groups excluding carboxylic acids is 2. The Morgan fingerprint density at radius 2 is 2.09 bits per heavy atom. The number of anilines is 1. The summed E-state index contributed by atoms with van der Waals surface area (Å²) in [5.74, 6) is -1.09. The van der Waals surface area contributed by atoms with Crippen molar-refractivity contribution in [2.24, 2.45) is 5.73 Å². The second-order valence-electron chi connectivity index (χ2n) is 6.04. The summed E-state index contributed by atoms with van der Waals surface area (Å²) in [4.78, 5) is 27.5. The van der Waals surface area contributed by atoms with Gasteiger partial charge in [0, 0.05) is 19.6 Å². The minimum Gasteiger partial charge on any atom is -0.367 e. The molecule has 2 aliphatic rings. The zero-order valence-corrected chi connectivity index (χ0v) is 12.9. The first-order valence-electron chi connectivity index (χ1n) is 7.72. The molecule has 2 N–H and O–H groups in total. The number of amides is 2. The van der Waals surface area contributed by atoms with E-state index < -0.39 is 17.8 Å². The van der Waals surface area contributed by atoms with Gasteiger partial charge in [-0.15, -0.1) is 0 Å². The number of primary amides is 1. The largest absolute Gasteiger partial charge is 0.367 e. The fourth-order valence-electron chi connectivity index (χ4n) is 3.31. The number of ether oxygens (including phenoxy) is 1. The molecule has 0 aromatic heterocycles. The van der Waals surface area contributed by atoms with Crippen molar-refractivity contribution >= 4 is 17.5 Å². The number of nitrogens with two attached hydrogens (primary N) is 1. The van der Waals surface area contributed by atoms with Gasteiger partial charge in [-0.25, -0.2) is 4.39 Å². The van der Waals surface area contributed by atoms with E-state index in [2.05, 4.69) is 0 Å². The monoisotopic (exact) mass is 321 g/mol. The molecule has 0 saturated carbocycles. The maximum absolute atomic E-state index is 13.9. The maximum Gasteiger partial charge on any atom is 0.247 e. The van der Waals surface area contributed by atoms with Crippen molar-refractivity contribution in [1.29, 1.82) is 0 Å². The smallest absolute Gasteiger partial charge is 0.247 e. The number of para-hydroxylation sites is 1. The van der Waals surface area contributed by atoms with Crippen molar-refractivity contribution in [3.63, 3.8) is 0 Å². The number of nitrogens with zero attached hydrogens (tertiary/aromatic N) is 2. The molecule has 6 nitrogen and oxygen atoms in total. The van der Waals surface area contributed by atoms with Crippen LogP contribution in [0.2, 0.25) is 0 Å². The highest BCUT2D eigenvalue weighted by Gasteiger charge is 2.41. The summed E-state index contributed by atoms with van der Waals surface area (Å²) in [7, 11) is 0. The van der Waals surface area contributed by atoms with Crippen molar-refractivity contribution in [3.05, 3.63) is 30.1 Å². The summed E-state index contributed by atoms with van der Waals surface area (Å²) < 4.78 is 19.4. The van der Waals surface area contributed by atoms with Gasteiger partial charge in [0.15, 0.2) is 0 Å². The van der Waals surface area contributed by atoms with Crippen LogP contribution in [0.3, 0.4) is 0 Å². The molecule has 2 saturated heterocycles. The van der Waals surface area contributed by atoms with Crippen LogP contribution in [0.4, 0.5) is 10.1 Å². The number of halogens is 1. The van der Waals surface area contributed by atoms with Gasteiger partial charge in [-0.05, 0) is 25.5 Å². The molecule has 2 aliphatic heterocycles. The first-order valence-corrected chi connectivity index (χ1v) is 7.72. The number of benzene rings is 1. The van der Waals surface area contributed by atoms with Crippen LogP contribution in [0.1, 0.15) is 13.3 Å². The first kappa shape index (κ1) is 15.9.